The summed E-state index contributed by atoms with van der Waals surface area (Å²) in [5.74, 6) is 0.191. The number of nitrogens with zero attached hydrogens (tertiary/aromatic N) is 1. The van der Waals surface area contributed by atoms with Gasteiger partial charge in [-0.05, 0) is 29.5 Å². The molecule has 0 aliphatic carbocycles. The summed E-state index contributed by atoms with van der Waals surface area (Å²) >= 11 is 5.56. The normalized spacial score (nSPS) is 24.8. The van der Waals surface area contributed by atoms with Crippen LogP contribution in [-0.2, 0) is 4.79 Å². The Morgan fingerprint density at radius 2 is 2.05 bits per heavy atom. The molecule has 19 heavy (non-hydrogen) atoms. The number of carbonyl (C=O) groups is 1. The van der Waals surface area contributed by atoms with Gasteiger partial charge in [0.15, 0.2) is 0 Å². The van der Waals surface area contributed by atoms with Crippen molar-refractivity contribution in [3.63, 3.8) is 0 Å². The van der Waals surface area contributed by atoms with E-state index >= 15 is 0 Å². The molecule has 0 saturated heterocycles. The van der Waals surface area contributed by atoms with Gasteiger partial charge >= 0.3 is 0 Å². The van der Waals surface area contributed by atoms with Crippen molar-refractivity contribution in [3.8, 4) is 0 Å². The molecule has 3 rings (SSSR count). The zero-order chi connectivity index (χ0) is 13.4. The molecule has 5 heteroatoms. The molecule has 2 heterocycles. The van der Waals surface area contributed by atoms with Crippen molar-refractivity contribution >= 4 is 28.9 Å². The molecule has 2 N–H and O–H groups in total. The summed E-state index contributed by atoms with van der Waals surface area (Å²) in [5, 5.41) is 3.11. The van der Waals surface area contributed by atoms with Gasteiger partial charge in [0.2, 0.25) is 5.91 Å². The third-order valence-corrected chi connectivity index (χ3v) is 3.79. The maximum Gasteiger partial charge on any atom is 0.249 e. The summed E-state index contributed by atoms with van der Waals surface area (Å²) in [6, 6.07) is 7.66. The van der Waals surface area contributed by atoms with Crippen molar-refractivity contribution in [2.45, 2.75) is 6.04 Å². The van der Waals surface area contributed by atoms with Gasteiger partial charge in [-0.1, -0.05) is 18.2 Å². The molecule has 0 saturated carbocycles. The quantitative estimate of drug-likeness (QED) is 0.813. The van der Waals surface area contributed by atoms with Gasteiger partial charge in [0.1, 0.15) is 6.04 Å². The first-order valence-corrected chi connectivity index (χ1v) is 6.46. The standard InChI is InChI=1S/C14H14ClN3O/c1-18-8-12(9-2-4-10(17-15)5-3-9)11-6-7-16-13(11)14(18)19/h2-8,11,13,16-17H,1H3. The summed E-state index contributed by atoms with van der Waals surface area (Å²) in [4.78, 5) is 16.3. The van der Waals surface area contributed by atoms with Gasteiger partial charge in [0.25, 0.3) is 0 Å². The van der Waals surface area contributed by atoms with Crippen LogP contribution in [-0.4, -0.2) is 23.9 Å². The number of hydrogen-bond acceptors (Lipinski definition) is 3. The number of rotatable bonds is 2. The minimum absolute atomic E-state index is 0.0952. The van der Waals surface area contributed by atoms with Gasteiger partial charge < -0.3 is 10.2 Å². The largest absolute Gasteiger partial charge is 0.379 e. The van der Waals surface area contributed by atoms with Crippen molar-refractivity contribution < 1.29 is 4.79 Å². The SMILES string of the molecule is CN1C=C(c2ccc(NCl)cc2)C2C=CNC2C1=O. The number of halogens is 1. The lowest BCUT2D eigenvalue weighted by Gasteiger charge is -2.31. The van der Waals surface area contributed by atoms with Gasteiger partial charge in [-0.25, -0.2) is 0 Å². The van der Waals surface area contributed by atoms with Crippen LogP contribution in [0.2, 0.25) is 0 Å². The molecule has 4 nitrogen and oxygen atoms in total. The van der Waals surface area contributed by atoms with E-state index in [9.17, 15) is 4.79 Å². The molecule has 1 amide bonds. The first-order chi connectivity index (χ1) is 9.20. The molecule has 0 radical (unpaired) electrons. The Morgan fingerprint density at radius 3 is 2.74 bits per heavy atom. The third kappa shape index (κ3) is 1.98. The highest BCUT2D eigenvalue weighted by Gasteiger charge is 2.37. The molecule has 0 fully saturated rings. The zero-order valence-corrected chi connectivity index (χ0v) is 11.2. The van der Waals surface area contributed by atoms with Gasteiger partial charge in [-0.3, -0.25) is 9.63 Å². The van der Waals surface area contributed by atoms with Crippen LogP contribution >= 0.6 is 11.8 Å². The van der Waals surface area contributed by atoms with E-state index < -0.39 is 0 Å². The molecular formula is C14H14ClN3O. The maximum atomic E-state index is 12.0. The number of amides is 1. The van der Waals surface area contributed by atoms with E-state index in [4.69, 9.17) is 11.8 Å². The van der Waals surface area contributed by atoms with E-state index in [1.54, 1.807) is 11.9 Å². The van der Waals surface area contributed by atoms with Crippen LogP contribution in [0.4, 0.5) is 5.69 Å². The van der Waals surface area contributed by atoms with Crippen molar-refractivity contribution in [2.24, 2.45) is 5.92 Å². The summed E-state index contributed by atoms with van der Waals surface area (Å²) < 4.78 is 0. The Morgan fingerprint density at radius 1 is 1.32 bits per heavy atom. The number of likely N-dealkylation sites (N-methyl/N-ethyl adjacent to an activating group) is 1. The minimum Gasteiger partial charge on any atom is -0.379 e. The number of carbonyl (C=O) groups excluding carboxylic acids is 1. The van der Waals surface area contributed by atoms with Gasteiger partial charge in [-0.15, -0.1) is 0 Å². The lowest BCUT2D eigenvalue weighted by atomic mass is 9.86. The van der Waals surface area contributed by atoms with E-state index in [2.05, 4.69) is 10.2 Å². The van der Waals surface area contributed by atoms with E-state index in [0.717, 1.165) is 16.8 Å². The second-order valence-electron chi connectivity index (χ2n) is 4.73. The first-order valence-electron chi connectivity index (χ1n) is 6.09. The Hall–Kier alpha value is -1.94. The maximum absolute atomic E-state index is 12.0. The Balaban J connectivity index is 1.99. The monoisotopic (exact) mass is 275 g/mol. The second kappa shape index (κ2) is 4.63. The highest BCUT2D eigenvalue weighted by atomic mass is 35.5. The molecule has 2 aliphatic rings. The lowest BCUT2D eigenvalue weighted by molar-refractivity contribution is -0.130. The second-order valence-corrected chi connectivity index (χ2v) is 4.92. The Kier molecular flexibility index (Phi) is 2.95. The van der Waals surface area contributed by atoms with Crippen molar-refractivity contribution in [2.75, 3.05) is 11.9 Å². The lowest BCUT2D eigenvalue weighted by Crippen LogP contribution is -2.46. The van der Waals surface area contributed by atoms with Gasteiger partial charge in [0.05, 0.1) is 0 Å². The van der Waals surface area contributed by atoms with Crippen LogP contribution in [0.15, 0.2) is 42.7 Å². The molecule has 1 aromatic rings. The summed E-state index contributed by atoms with van der Waals surface area (Å²) in [5.41, 5.74) is 3.08. The van der Waals surface area contributed by atoms with Crippen LogP contribution in [0.25, 0.3) is 5.57 Å². The number of hydrogen-bond donors (Lipinski definition) is 2. The number of anilines is 1. The molecule has 2 unspecified atom stereocenters. The van der Waals surface area contributed by atoms with Crippen LogP contribution in [0, 0.1) is 5.92 Å². The molecule has 1 aromatic carbocycles. The van der Waals surface area contributed by atoms with E-state index in [1.807, 2.05) is 42.7 Å². The summed E-state index contributed by atoms with van der Waals surface area (Å²) in [6.07, 6.45) is 5.80. The van der Waals surface area contributed by atoms with Gasteiger partial charge in [0, 0.05) is 36.6 Å². The zero-order valence-electron chi connectivity index (χ0n) is 10.4. The van der Waals surface area contributed by atoms with Crippen molar-refractivity contribution in [1.29, 1.82) is 0 Å². The fraction of sp³-hybridized carbons (Fsp3) is 0.214. The molecule has 0 spiro atoms. The molecular weight excluding hydrogens is 262 g/mol. The minimum atomic E-state index is -0.184. The fourth-order valence-corrected chi connectivity index (χ4v) is 2.68. The molecule has 0 aromatic heterocycles. The third-order valence-electron chi connectivity index (χ3n) is 3.57. The predicted molar refractivity (Wildman–Crippen MR) is 76.2 cm³/mol. The molecule has 2 aliphatic heterocycles. The molecule has 98 valence electrons. The first kappa shape index (κ1) is 12.1. The van der Waals surface area contributed by atoms with Crippen molar-refractivity contribution in [1.82, 2.24) is 10.2 Å². The van der Waals surface area contributed by atoms with Crippen LogP contribution in [0.1, 0.15) is 5.56 Å². The highest BCUT2D eigenvalue weighted by molar-refractivity contribution is 6.23. The number of fused-ring (bicyclic) bond motifs is 1. The Labute approximate surface area is 116 Å². The fourth-order valence-electron chi connectivity index (χ4n) is 2.56. The number of benzene rings is 1. The van der Waals surface area contributed by atoms with Crippen molar-refractivity contribution in [3.05, 3.63) is 48.3 Å². The molecule has 2 atom stereocenters. The Bertz CT molecular complexity index is 565. The highest BCUT2D eigenvalue weighted by Crippen LogP contribution is 2.34. The predicted octanol–water partition coefficient (Wildman–Crippen LogP) is 2.17. The van der Waals surface area contributed by atoms with E-state index in [-0.39, 0.29) is 17.9 Å². The average molecular weight is 276 g/mol. The van der Waals surface area contributed by atoms with E-state index in [1.165, 1.54) is 0 Å². The topological polar surface area (TPSA) is 44.4 Å². The summed E-state index contributed by atoms with van der Waals surface area (Å²) in [7, 11) is 1.78. The summed E-state index contributed by atoms with van der Waals surface area (Å²) in [6.45, 7) is 0. The van der Waals surface area contributed by atoms with E-state index in [0.29, 0.717) is 0 Å². The molecule has 0 bridgehead atoms. The smallest absolute Gasteiger partial charge is 0.249 e. The van der Waals surface area contributed by atoms with Crippen LogP contribution < -0.4 is 10.2 Å². The van der Waals surface area contributed by atoms with Gasteiger partial charge in [-0.2, -0.15) is 0 Å². The van der Waals surface area contributed by atoms with Crippen LogP contribution in [0.3, 0.4) is 0 Å². The van der Waals surface area contributed by atoms with Crippen LogP contribution in [0.5, 0.6) is 0 Å². The average Bonchev–Trinajstić information content (AvgIpc) is 2.93. The number of nitrogens with one attached hydrogen (secondary N) is 2.